The van der Waals surface area contributed by atoms with Crippen molar-refractivity contribution in [2.45, 2.75) is 45.6 Å². The number of likely N-dealkylation sites (tertiary alicyclic amines) is 1. The maximum absolute atomic E-state index is 12.9. The average Bonchev–Trinajstić information content (AvgIpc) is 2.89. The van der Waals surface area contributed by atoms with Gasteiger partial charge in [0.25, 0.3) is 0 Å². The number of carboxylic acids is 1. The summed E-state index contributed by atoms with van der Waals surface area (Å²) < 4.78 is 0. The molecular weight excluding hydrogens is 358 g/mol. The van der Waals surface area contributed by atoms with Crippen molar-refractivity contribution in [1.82, 2.24) is 14.8 Å². The standard InChI is InChI=1S/C21H27N3O4/c1-14-5-3-7-18-21(14)16(12-22-18)11-19(26)23-9-4-6-17(8-10-23)24(15(2)25)13-20(27)28/h3,5,7,12,17,22H,4,6,8-11,13H2,1-2H3,(H,27,28). The van der Waals surface area contributed by atoms with Crippen molar-refractivity contribution in [2.24, 2.45) is 0 Å². The van der Waals surface area contributed by atoms with Crippen molar-refractivity contribution in [1.29, 1.82) is 0 Å². The van der Waals surface area contributed by atoms with Crippen LogP contribution in [0.2, 0.25) is 0 Å². The van der Waals surface area contributed by atoms with E-state index in [4.69, 9.17) is 5.11 Å². The fourth-order valence-corrected chi connectivity index (χ4v) is 4.15. The van der Waals surface area contributed by atoms with E-state index in [9.17, 15) is 14.4 Å². The Morgan fingerprint density at radius 1 is 1.25 bits per heavy atom. The zero-order chi connectivity index (χ0) is 20.3. The molecular formula is C21H27N3O4. The maximum Gasteiger partial charge on any atom is 0.323 e. The molecule has 1 aliphatic heterocycles. The predicted octanol–water partition coefficient (Wildman–Crippen LogP) is 2.33. The number of aliphatic carboxylic acids is 1. The lowest BCUT2D eigenvalue weighted by Gasteiger charge is -2.28. The Morgan fingerprint density at radius 2 is 2.04 bits per heavy atom. The molecule has 2 heterocycles. The number of aryl methyl sites for hydroxylation is 1. The van der Waals surface area contributed by atoms with E-state index < -0.39 is 5.97 Å². The normalized spacial score (nSPS) is 17.4. The van der Waals surface area contributed by atoms with Crippen LogP contribution in [-0.4, -0.2) is 63.4 Å². The third-order valence-electron chi connectivity index (χ3n) is 5.54. The molecule has 0 aliphatic carbocycles. The van der Waals surface area contributed by atoms with Crippen LogP contribution in [0.1, 0.15) is 37.3 Å². The van der Waals surface area contributed by atoms with E-state index in [0.717, 1.165) is 28.5 Å². The van der Waals surface area contributed by atoms with Gasteiger partial charge in [-0.3, -0.25) is 14.4 Å². The van der Waals surface area contributed by atoms with Crippen molar-refractivity contribution in [2.75, 3.05) is 19.6 Å². The molecule has 7 heteroatoms. The lowest BCUT2D eigenvalue weighted by molar-refractivity contribution is -0.145. The van der Waals surface area contributed by atoms with Crippen LogP contribution in [0.3, 0.4) is 0 Å². The predicted molar refractivity (Wildman–Crippen MR) is 106 cm³/mol. The Labute approximate surface area is 164 Å². The molecule has 1 saturated heterocycles. The Morgan fingerprint density at radius 3 is 2.75 bits per heavy atom. The number of benzene rings is 1. The molecule has 0 spiro atoms. The van der Waals surface area contributed by atoms with Gasteiger partial charge in [0.1, 0.15) is 6.54 Å². The first-order valence-electron chi connectivity index (χ1n) is 9.69. The van der Waals surface area contributed by atoms with Gasteiger partial charge in [-0.1, -0.05) is 12.1 Å². The van der Waals surface area contributed by atoms with Crippen molar-refractivity contribution < 1.29 is 19.5 Å². The molecule has 2 N–H and O–H groups in total. The SMILES string of the molecule is CC(=O)N(CC(=O)O)C1CCCN(C(=O)Cc2c[nH]c3cccc(C)c23)CC1. The number of carbonyl (C=O) groups is 3. The van der Waals surface area contributed by atoms with Gasteiger partial charge >= 0.3 is 5.97 Å². The van der Waals surface area contributed by atoms with Gasteiger partial charge in [0.2, 0.25) is 11.8 Å². The van der Waals surface area contributed by atoms with E-state index in [2.05, 4.69) is 4.98 Å². The molecule has 0 saturated carbocycles. The van der Waals surface area contributed by atoms with Gasteiger partial charge in [0, 0.05) is 43.2 Å². The zero-order valence-electron chi connectivity index (χ0n) is 16.4. The van der Waals surface area contributed by atoms with Gasteiger partial charge in [-0.15, -0.1) is 0 Å². The first-order valence-corrected chi connectivity index (χ1v) is 9.69. The van der Waals surface area contributed by atoms with Crippen molar-refractivity contribution in [3.63, 3.8) is 0 Å². The number of hydrogen-bond donors (Lipinski definition) is 2. The molecule has 7 nitrogen and oxygen atoms in total. The quantitative estimate of drug-likeness (QED) is 0.826. The van der Waals surface area contributed by atoms with Gasteiger partial charge in [-0.2, -0.15) is 0 Å². The van der Waals surface area contributed by atoms with Crippen LogP contribution in [0.25, 0.3) is 10.9 Å². The first kappa shape index (κ1) is 19.9. The number of H-pyrrole nitrogens is 1. The van der Waals surface area contributed by atoms with E-state index in [0.29, 0.717) is 32.4 Å². The first-order chi connectivity index (χ1) is 13.4. The fourth-order valence-electron chi connectivity index (χ4n) is 4.15. The van der Waals surface area contributed by atoms with E-state index >= 15 is 0 Å². The van der Waals surface area contributed by atoms with Crippen molar-refractivity contribution >= 4 is 28.7 Å². The van der Waals surface area contributed by atoms with Gasteiger partial charge in [-0.05, 0) is 43.4 Å². The lowest BCUT2D eigenvalue weighted by atomic mass is 10.0. The number of hydrogen-bond acceptors (Lipinski definition) is 3. The highest BCUT2D eigenvalue weighted by Gasteiger charge is 2.27. The molecule has 0 bridgehead atoms. The third-order valence-corrected chi connectivity index (χ3v) is 5.54. The summed E-state index contributed by atoms with van der Waals surface area (Å²) in [4.78, 5) is 42.3. The number of fused-ring (bicyclic) bond motifs is 1. The summed E-state index contributed by atoms with van der Waals surface area (Å²) in [5, 5.41) is 10.2. The molecule has 1 aromatic carbocycles. The summed E-state index contributed by atoms with van der Waals surface area (Å²) in [6, 6.07) is 5.90. The Balaban J connectivity index is 1.67. The number of rotatable bonds is 5. The number of carboxylic acid groups (broad SMARTS) is 1. The van der Waals surface area contributed by atoms with E-state index in [-0.39, 0.29) is 24.4 Å². The molecule has 28 heavy (non-hydrogen) atoms. The minimum Gasteiger partial charge on any atom is -0.480 e. The van der Waals surface area contributed by atoms with Crippen LogP contribution in [0.4, 0.5) is 0 Å². The van der Waals surface area contributed by atoms with Crippen LogP contribution in [-0.2, 0) is 20.8 Å². The second-order valence-corrected chi connectivity index (χ2v) is 7.49. The molecule has 1 unspecified atom stereocenters. The fraction of sp³-hybridized carbons (Fsp3) is 0.476. The maximum atomic E-state index is 12.9. The molecule has 1 fully saturated rings. The number of aromatic nitrogens is 1. The summed E-state index contributed by atoms with van der Waals surface area (Å²) in [6.07, 6.45) is 4.31. The van der Waals surface area contributed by atoms with Gasteiger partial charge < -0.3 is 19.9 Å². The summed E-state index contributed by atoms with van der Waals surface area (Å²) in [5.74, 6) is -1.18. The van der Waals surface area contributed by atoms with Gasteiger partial charge in [0.05, 0.1) is 6.42 Å². The summed E-state index contributed by atoms with van der Waals surface area (Å²) in [7, 11) is 0. The Kier molecular flexibility index (Phi) is 6.02. The molecule has 3 rings (SSSR count). The van der Waals surface area contributed by atoms with E-state index in [1.807, 2.05) is 36.2 Å². The van der Waals surface area contributed by atoms with Crippen LogP contribution < -0.4 is 0 Å². The monoisotopic (exact) mass is 385 g/mol. The average molecular weight is 385 g/mol. The number of amides is 2. The second kappa shape index (κ2) is 8.46. The van der Waals surface area contributed by atoms with Gasteiger partial charge in [-0.25, -0.2) is 0 Å². The molecule has 1 aliphatic rings. The topological polar surface area (TPSA) is 93.7 Å². The Hall–Kier alpha value is -2.83. The lowest BCUT2D eigenvalue weighted by Crippen LogP contribution is -2.43. The number of nitrogens with one attached hydrogen (secondary N) is 1. The van der Waals surface area contributed by atoms with Crippen molar-refractivity contribution in [3.05, 3.63) is 35.5 Å². The third kappa shape index (κ3) is 4.35. The van der Waals surface area contributed by atoms with Gasteiger partial charge in [0.15, 0.2) is 0 Å². The molecule has 150 valence electrons. The van der Waals surface area contributed by atoms with Crippen molar-refractivity contribution in [3.8, 4) is 0 Å². The smallest absolute Gasteiger partial charge is 0.323 e. The molecule has 2 aromatic rings. The summed E-state index contributed by atoms with van der Waals surface area (Å²) in [6.45, 7) is 4.32. The zero-order valence-corrected chi connectivity index (χ0v) is 16.4. The number of aromatic amines is 1. The van der Waals surface area contributed by atoms with Crippen LogP contribution in [0, 0.1) is 6.92 Å². The largest absolute Gasteiger partial charge is 0.480 e. The number of carbonyl (C=O) groups excluding carboxylic acids is 2. The summed E-state index contributed by atoms with van der Waals surface area (Å²) in [5.41, 5.74) is 3.17. The minimum absolute atomic E-state index is 0.0670. The van der Waals surface area contributed by atoms with E-state index in [1.54, 1.807) is 0 Å². The van der Waals surface area contributed by atoms with Crippen LogP contribution >= 0.6 is 0 Å². The highest BCUT2D eigenvalue weighted by atomic mass is 16.4. The molecule has 1 atom stereocenters. The molecule has 1 aromatic heterocycles. The minimum atomic E-state index is -1.01. The highest BCUT2D eigenvalue weighted by molar-refractivity contribution is 5.91. The molecule has 2 amide bonds. The van der Waals surface area contributed by atoms with Crippen LogP contribution in [0.5, 0.6) is 0 Å². The number of nitrogens with zero attached hydrogens (tertiary/aromatic N) is 2. The Bertz CT molecular complexity index is 889. The second-order valence-electron chi connectivity index (χ2n) is 7.49. The highest BCUT2D eigenvalue weighted by Crippen LogP contribution is 2.24. The summed E-state index contributed by atoms with van der Waals surface area (Å²) >= 11 is 0. The van der Waals surface area contributed by atoms with E-state index in [1.165, 1.54) is 11.8 Å². The van der Waals surface area contributed by atoms with Crippen LogP contribution in [0.15, 0.2) is 24.4 Å². The molecule has 0 radical (unpaired) electrons.